The maximum Gasteiger partial charge on any atom is 0.325 e. The molecule has 2 rings (SSSR count). The van der Waals surface area contributed by atoms with E-state index in [1.807, 2.05) is 6.92 Å². The number of carboxylic acid groups (broad SMARTS) is 1. The fraction of sp³-hybridized carbons (Fsp3) is 0.438. The summed E-state index contributed by atoms with van der Waals surface area (Å²) in [6, 6.07) is 3.34. The second kappa shape index (κ2) is 10.5. The van der Waals surface area contributed by atoms with Gasteiger partial charge in [-0.05, 0) is 18.6 Å². The first-order chi connectivity index (χ1) is 12.0. The number of hydrogen-bond acceptors (Lipinski definition) is 6. The third-order valence-electron chi connectivity index (χ3n) is 3.44. The van der Waals surface area contributed by atoms with Crippen LogP contribution in [0.4, 0.5) is 10.5 Å². The van der Waals surface area contributed by atoms with E-state index in [-0.39, 0.29) is 19.0 Å². The van der Waals surface area contributed by atoms with Crippen molar-refractivity contribution in [3.8, 4) is 11.5 Å². The van der Waals surface area contributed by atoms with Gasteiger partial charge in [-0.15, -0.1) is 12.4 Å². The Bertz CT molecular complexity index is 655. The van der Waals surface area contributed by atoms with Crippen LogP contribution in [-0.2, 0) is 9.59 Å². The van der Waals surface area contributed by atoms with E-state index < -0.39 is 23.9 Å². The second-order valence-electron chi connectivity index (χ2n) is 5.42. The van der Waals surface area contributed by atoms with Gasteiger partial charge in [0.2, 0.25) is 5.91 Å². The van der Waals surface area contributed by atoms with Crippen LogP contribution in [0.15, 0.2) is 18.2 Å². The van der Waals surface area contributed by atoms with Gasteiger partial charge >= 0.3 is 12.0 Å². The Hall–Kier alpha value is -2.52. The Kier molecular flexibility index (Phi) is 8.66. The monoisotopic (exact) mass is 387 g/mol. The van der Waals surface area contributed by atoms with Gasteiger partial charge in [0.25, 0.3) is 0 Å². The molecular weight excluding hydrogens is 366 g/mol. The number of anilines is 1. The molecule has 0 radical (unpaired) electrons. The largest absolute Gasteiger partial charge is 0.486 e. The normalized spacial score (nSPS) is 13.1. The van der Waals surface area contributed by atoms with Crippen LogP contribution in [0.2, 0.25) is 0 Å². The molecule has 0 aliphatic carbocycles. The van der Waals surface area contributed by atoms with Gasteiger partial charge in [-0.1, -0.05) is 13.3 Å². The minimum Gasteiger partial charge on any atom is -0.486 e. The summed E-state index contributed by atoms with van der Waals surface area (Å²) in [5.74, 6) is -0.554. The Morgan fingerprint density at radius 1 is 1.19 bits per heavy atom. The van der Waals surface area contributed by atoms with Gasteiger partial charge in [-0.2, -0.15) is 0 Å². The molecule has 1 aromatic rings. The molecule has 3 amide bonds. The zero-order valence-electron chi connectivity index (χ0n) is 14.2. The van der Waals surface area contributed by atoms with Crippen LogP contribution in [0, 0.1) is 0 Å². The van der Waals surface area contributed by atoms with E-state index in [4.69, 9.17) is 14.6 Å². The number of carbonyl (C=O) groups excluding carboxylic acids is 2. The van der Waals surface area contributed by atoms with Crippen LogP contribution in [0.3, 0.4) is 0 Å². The van der Waals surface area contributed by atoms with Crippen LogP contribution >= 0.6 is 12.4 Å². The summed E-state index contributed by atoms with van der Waals surface area (Å²) < 4.78 is 10.8. The van der Waals surface area contributed by atoms with Crippen molar-refractivity contribution in [1.82, 2.24) is 10.6 Å². The molecule has 144 valence electrons. The number of hydrogen-bond donors (Lipinski definition) is 4. The maximum atomic E-state index is 11.8. The van der Waals surface area contributed by atoms with Crippen molar-refractivity contribution >= 4 is 36.0 Å². The van der Waals surface area contributed by atoms with Crippen LogP contribution in [0.5, 0.6) is 11.5 Å². The maximum absolute atomic E-state index is 11.8. The predicted octanol–water partition coefficient (Wildman–Crippen LogP) is 1.37. The number of imide groups is 1. The molecular formula is C16H22ClN3O6. The van der Waals surface area contributed by atoms with E-state index in [2.05, 4.69) is 16.0 Å². The third-order valence-corrected chi connectivity index (χ3v) is 3.44. The molecule has 1 heterocycles. The summed E-state index contributed by atoms with van der Waals surface area (Å²) in [5, 5.41) is 16.2. The second-order valence-corrected chi connectivity index (χ2v) is 5.42. The highest BCUT2D eigenvalue weighted by atomic mass is 35.5. The average Bonchev–Trinajstić information content (AvgIpc) is 2.58. The molecule has 0 aromatic heterocycles. The fourth-order valence-corrected chi connectivity index (χ4v) is 2.27. The van der Waals surface area contributed by atoms with Crippen LogP contribution in [0.1, 0.15) is 19.8 Å². The van der Waals surface area contributed by atoms with E-state index in [1.165, 1.54) is 0 Å². The molecule has 1 aliphatic rings. The first kappa shape index (κ1) is 21.5. The van der Waals surface area contributed by atoms with Gasteiger partial charge in [0.15, 0.2) is 11.5 Å². The molecule has 0 spiro atoms. The summed E-state index contributed by atoms with van der Waals surface area (Å²) >= 11 is 0. The molecule has 26 heavy (non-hydrogen) atoms. The molecule has 1 aromatic carbocycles. The Balaban J connectivity index is 0.00000338. The van der Waals surface area contributed by atoms with Crippen molar-refractivity contribution in [3.63, 3.8) is 0 Å². The third kappa shape index (κ3) is 6.41. The molecule has 4 N–H and O–H groups in total. The average molecular weight is 388 g/mol. The lowest BCUT2D eigenvalue weighted by Crippen LogP contribution is -2.45. The number of ether oxygens (including phenoxy) is 2. The number of carbonyl (C=O) groups is 3. The van der Waals surface area contributed by atoms with Crippen LogP contribution < -0.4 is 25.4 Å². The first-order valence-corrected chi connectivity index (χ1v) is 7.96. The molecule has 0 saturated heterocycles. The molecule has 10 heteroatoms. The van der Waals surface area contributed by atoms with Crippen molar-refractivity contribution < 1.29 is 29.0 Å². The van der Waals surface area contributed by atoms with Crippen molar-refractivity contribution in [1.29, 1.82) is 0 Å². The topological polar surface area (TPSA) is 126 Å². The number of amides is 3. The van der Waals surface area contributed by atoms with Crippen molar-refractivity contribution in [3.05, 3.63) is 18.2 Å². The van der Waals surface area contributed by atoms with E-state index in [9.17, 15) is 14.4 Å². The molecule has 1 aliphatic heterocycles. The fourth-order valence-electron chi connectivity index (χ4n) is 2.27. The van der Waals surface area contributed by atoms with Crippen LogP contribution in [0.25, 0.3) is 0 Å². The van der Waals surface area contributed by atoms with Gasteiger partial charge < -0.3 is 19.9 Å². The van der Waals surface area contributed by atoms with Gasteiger partial charge in [0, 0.05) is 11.8 Å². The smallest absolute Gasteiger partial charge is 0.325 e. The van der Waals surface area contributed by atoms with Gasteiger partial charge in [-0.3, -0.25) is 20.2 Å². The van der Waals surface area contributed by atoms with Crippen LogP contribution in [-0.4, -0.2) is 48.8 Å². The van der Waals surface area contributed by atoms with Crippen molar-refractivity contribution in [2.75, 3.05) is 25.1 Å². The quantitative estimate of drug-likeness (QED) is 0.556. The van der Waals surface area contributed by atoms with Gasteiger partial charge in [-0.25, -0.2) is 4.79 Å². The minimum absolute atomic E-state index is 0. The molecule has 0 saturated carbocycles. The molecule has 9 nitrogen and oxygen atoms in total. The van der Waals surface area contributed by atoms with E-state index in [0.29, 0.717) is 43.2 Å². The SMILES string of the molecule is CCCC(NCC(=O)NC(=O)Nc1ccc2c(c1)OCCO2)C(=O)O.Cl. The molecule has 1 atom stereocenters. The highest BCUT2D eigenvalue weighted by molar-refractivity contribution is 6.02. The lowest BCUT2D eigenvalue weighted by atomic mass is 10.2. The lowest BCUT2D eigenvalue weighted by molar-refractivity contribution is -0.139. The summed E-state index contributed by atoms with van der Waals surface area (Å²) in [6.45, 7) is 2.47. The van der Waals surface area contributed by atoms with Gasteiger partial charge in [0.05, 0.1) is 6.54 Å². The van der Waals surface area contributed by atoms with Gasteiger partial charge in [0.1, 0.15) is 19.3 Å². The number of aliphatic carboxylic acids is 1. The summed E-state index contributed by atoms with van der Waals surface area (Å²) in [7, 11) is 0. The predicted molar refractivity (Wildman–Crippen MR) is 96.2 cm³/mol. The number of carboxylic acids is 1. The highest BCUT2D eigenvalue weighted by Crippen LogP contribution is 2.32. The number of rotatable bonds is 7. The number of fused-ring (bicyclic) bond motifs is 1. The Morgan fingerprint density at radius 3 is 2.54 bits per heavy atom. The Labute approximate surface area is 156 Å². The van der Waals surface area contributed by atoms with E-state index in [0.717, 1.165) is 0 Å². The lowest BCUT2D eigenvalue weighted by Gasteiger charge is -2.19. The molecule has 0 bridgehead atoms. The molecule has 0 fully saturated rings. The summed E-state index contributed by atoms with van der Waals surface area (Å²) in [4.78, 5) is 34.6. The number of benzene rings is 1. The summed E-state index contributed by atoms with van der Waals surface area (Å²) in [5.41, 5.74) is 0.442. The van der Waals surface area contributed by atoms with Crippen molar-refractivity contribution in [2.45, 2.75) is 25.8 Å². The number of halogens is 1. The minimum atomic E-state index is -1.03. The zero-order valence-corrected chi connectivity index (χ0v) is 15.1. The number of urea groups is 1. The molecule has 1 unspecified atom stereocenters. The number of nitrogens with one attached hydrogen (secondary N) is 3. The van der Waals surface area contributed by atoms with E-state index in [1.54, 1.807) is 18.2 Å². The Morgan fingerprint density at radius 2 is 1.88 bits per heavy atom. The van der Waals surface area contributed by atoms with Crippen molar-refractivity contribution in [2.24, 2.45) is 0 Å². The first-order valence-electron chi connectivity index (χ1n) is 7.96. The van der Waals surface area contributed by atoms with E-state index >= 15 is 0 Å². The highest BCUT2D eigenvalue weighted by Gasteiger charge is 2.18. The summed E-state index contributed by atoms with van der Waals surface area (Å²) in [6.07, 6.45) is 1.06. The standard InChI is InChI=1S/C16H21N3O6.ClH/c1-2-3-11(15(21)22)17-9-14(20)19-16(23)18-10-4-5-12-13(8-10)25-7-6-24-12;/h4-5,8,11,17H,2-3,6-7,9H2,1H3,(H,21,22)(H2,18,19,20,23);1H. The zero-order chi connectivity index (χ0) is 18.2.